The van der Waals surface area contributed by atoms with E-state index < -0.39 is 11.9 Å². The number of imidazole rings is 1. The number of nitrogens with zero attached hydrogens (tertiary/aromatic N) is 4. The number of rotatable bonds is 3. The molecule has 6 nitrogen and oxygen atoms in total. The lowest BCUT2D eigenvalue weighted by molar-refractivity contribution is -0.141. The van der Waals surface area contributed by atoms with E-state index in [1.165, 1.54) is 4.68 Å². The van der Waals surface area contributed by atoms with Crippen LogP contribution in [0.2, 0.25) is 0 Å². The van der Waals surface area contributed by atoms with Gasteiger partial charge in [-0.15, -0.1) is 0 Å². The van der Waals surface area contributed by atoms with Gasteiger partial charge in [-0.05, 0) is 18.9 Å². The van der Waals surface area contributed by atoms with Crippen molar-refractivity contribution < 1.29 is 18.0 Å². The number of aromatic nitrogens is 4. The van der Waals surface area contributed by atoms with Gasteiger partial charge in [0.1, 0.15) is 18.1 Å². The molecule has 9 heteroatoms. The number of carbonyl (C=O) groups excluding carboxylic acids is 1. The summed E-state index contributed by atoms with van der Waals surface area (Å²) >= 11 is 0. The van der Waals surface area contributed by atoms with Crippen molar-refractivity contribution in [1.29, 1.82) is 0 Å². The molecule has 0 bridgehead atoms. The zero-order chi connectivity index (χ0) is 16.4. The second-order valence-electron chi connectivity index (χ2n) is 5.56. The average Bonchev–Trinajstić information content (AvgIpc) is 3.18. The van der Waals surface area contributed by atoms with E-state index in [-0.39, 0.29) is 24.2 Å². The molecule has 1 amide bonds. The van der Waals surface area contributed by atoms with E-state index in [0.29, 0.717) is 19.5 Å². The maximum absolute atomic E-state index is 12.6. The van der Waals surface area contributed by atoms with Gasteiger partial charge in [0.15, 0.2) is 0 Å². The van der Waals surface area contributed by atoms with Crippen molar-refractivity contribution >= 4 is 5.91 Å². The Hall–Kier alpha value is -2.32. The zero-order valence-electron chi connectivity index (χ0n) is 12.3. The Morgan fingerprint density at radius 2 is 2.26 bits per heavy atom. The van der Waals surface area contributed by atoms with Crippen LogP contribution < -0.4 is 0 Å². The van der Waals surface area contributed by atoms with Crippen molar-refractivity contribution in [2.24, 2.45) is 0 Å². The molecule has 1 aliphatic heterocycles. The number of amides is 1. The van der Waals surface area contributed by atoms with E-state index in [2.05, 4.69) is 15.1 Å². The number of alkyl halides is 3. The van der Waals surface area contributed by atoms with Crippen molar-refractivity contribution in [3.8, 4) is 0 Å². The molecule has 1 fully saturated rings. The van der Waals surface area contributed by atoms with Gasteiger partial charge < -0.3 is 9.88 Å². The van der Waals surface area contributed by atoms with Gasteiger partial charge in [-0.2, -0.15) is 18.3 Å². The Morgan fingerprint density at radius 3 is 2.91 bits per heavy atom. The number of likely N-dealkylation sites (tertiary alicyclic amines) is 1. The first kappa shape index (κ1) is 15.6. The van der Waals surface area contributed by atoms with E-state index in [0.717, 1.165) is 12.6 Å². The first-order valence-electron chi connectivity index (χ1n) is 7.31. The summed E-state index contributed by atoms with van der Waals surface area (Å²) in [6.07, 6.45) is 1.10. The maximum atomic E-state index is 12.6. The SMILES string of the molecule is O=C(Cn1cccn1)N1CCC[C@H](c2ncc(C(F)(F)F)[nH]2)C1. The Balaban J connectivity index is 1.66. The van der Waals surface area contributed by atoms with Gasteiger partial charge in [-0.25, -0.2) is 4.98 Å². The van der Waals surface area contributed by atoms with Gasteiger partial charge in [0.2, 0.25) is 5.91 Å². The minimum Gasteiger partial charge on any atom is -0.340 e. The lowest BCUT2D eigenvalue weighted by atomic mass is 9.97. The largest absolute Gasteiger partial charge is 0.432 e. The van der Waals surface area contributed by atoms with E-state index in [9.17, 15) is 18.0 Å². The van der Waals surface area contributed by atoms with Crippen LogP contribution >= 0.6 is 0 Å². The van der Waals surface area contributed by atoms with Gasteiger partial charge in [-0.1, -0.05) is 0 Å². The molecule has 0 aliphatic carbocycles. The van der Waals surface area contributed by atoms with Crippen molar-refractivity contribution in [1.82, 2.24) is 24.6 Å². The Morgan fingerprint density at radius 1 is 1.43 bits per heavy atom. The Labute approximate surface area is 130 Å². The molecule has 23 heavy (non-hydrogen) atoms. The Bertz CT molecular complexity index is 664. The summed E-state index contributed by atoms with van der Waals surface area (Å²) in [6.45, 7) is 1.10. The highest BCUT2D eigenvalue weighted by Crippen LogP contribution is 2.31. The third kappa shape index (κ3) is 3.54. The van der Waals surface area contributed by atoms with E-state index >= 15 is 0 Å². The molecule has 2 aromatic rings. The summed E-state index contributed by atoms with van der Waals surface area (Å²) in [5.41, 5.74) is -0.854. The highest BCUT2D eigenvalue weighted by molar-refractivity contribution is 5.76. The third-order valence-electron chi connectivity index (χ3n) is 3.92. The predicted molar refractivity (Wildman–Crippen MR) is 74.4 cm³/mol. The fourth-order valence-electron chi connectivity index (χ4n) is 2.75. The lowest BCUT2D eigenvalue weighted by Crippen LogP contribution is -2.41. The van der Waals surface area contributed by atoms with E-state index in [4.69, 9.17) is 0 Å². The number of nitrogens with one attached hydrogen (secondary N) is 1. The van der Waals surface area contributed by atoms with Crippen LogP contribution in [-0.4, -0.2) is 43.6 Å². The zero-order valence-corrected chi connectivity index (χ0v) is 12.3. The molecule has 0 saturated carbocycles. The minimum atomic E-state index is -4.44. The van der Waals surface area contributed by atoms with Crippen molar-refractivity contribution in [3.05, 3.63) is 36.2 Å². The second kappa shape index (κ2) is 6.05. The Kier molecular flexibility index (Phi) is 4.10. The highest BCUT2D eigenvalue weighted by atomic mass is 19.4. The summed E-state index contributed by atoms with van der Waals surface area (Å²) in [5.74, 6) is -0.0173. The molecule has 1 aliphatic rings. The predicted octanol–water partition coefficient (Wildman–Crippen LogP) is 2.03. The molecule has 3 heterocycles. The smallest absolute Gasteiger partial charge is 0.340 e. The van der Waals surface area contributed by atoms with E-state index in [1.807, 2.05) is 0 Å². The van der Waals surface area contributed by atoms with Gasteiger partial charge >= 0.3 is 6.18 Å². The van der Waals surface area contributed by atoms with Crippen molar-refractivity contribution in [2.45, 2.75) is 31.5 Å². The summed E-state index contributed by atoms with van der Waals surface area (Å²) < 4.78 is 39.4. The van der Waals surface area contributed by atoms with Gasteiger partial charge in [-0.3, -0.25) is 9.48 Å². The van der Waals surface area contributed by atoms with Gasteiger partial charge in [0.25, 0.3) is 0 Å². The molecule has 0 radical (unpaired) electrons. The van der Waals surface area contributed by atoms with Crippen LogP contribution in [0.15, 0.2) is 24.7 Å². The summed E-state index contributed by atoms with van der Waals surface area (Å²) in [7, 11) is 0. The third-order valence-corrected chi connectivity index (χ3v) is 3.92. The standard InChI is InChI=1S/C14H16F3N5O/c15-14(16,17)11-7-18-13(20-11)10-3-1-5-21(8-10)12(23)9-22-6-2-4-19-22/h2,4,6-7,10H,1,3,5,8-9H2,(H,18,20)/t10-/m0/s1. The molecule has 1 N–H and O–H groups in total. The molecule has 1 saturated heterocycles. The molecule has 0 aromatic carbocycles. The number of carbonyl (C=O) groups is 1. The first-order chi connectivity index (χ1) is 10.9. The van der Waals surface area contributed by atoms with Crippen LogP contribution in [0.5, 0.6) is 0 Å². The number of hydrogen-bond donors (Lipinski definition) is 1. The summed E-state index contributed by atoms with van der Waals surface area (Å²) in [5, 5.41) is 3.98. The maximum Gasteiger partial charge on any atom is 0.432 e. The highest BCUT2D eigenvalue weighted by Gasteiger charge is 2.34. The molecular weight excluding hydrogens is 311 g/mol. The fraction of sp³-hybridized carbons (Fsp3) is 0.500. The van der Waals surface area contributed by atoms with Crippen LogP contribution in [-0.2, 0) is 17.5 Å². The monoisotopic (exact) mass is 327 g/mol. The van der Waals surface area contributed by atoms with Crippen LogP contribution in [0.1, 0.15) is 30.3 Å². The fourth-order valence-corrected chi connectivity index (χ4v) is 2.75. The molecule has 3 rings (SSSR count). The average molecular weight is 327 g/mol. The van der Waals surface area contributed by atoms with Crippen LogP contribution in [0.25, 0.3) is 0 Å². The number of aromatic amines is 1. The molecule has 124 valence electrons. The number of halogens is 3. The lowest BCUT2D eigenvalue weighted by Gasteiger charge is -2.31. The number of piperidine rings is 1. The minimum absolute atomic E-state index is 0.0963. The molecule has 0 spiro atoms. The molecule has 0 unspecified atom stereocenters. The molecule has 1 atom stereocenters. The van der Waals surface area contributed by atoms with E-state index in [1.54, 1.807) is 23.4 Å². The number of hydrogen-bond acceptors (Lipinski definition) is 3. The quantitative estimate of drug-likeness (QED) is 0.938. The van der Waals surface area contributed by atoms with Crippen molar-refractivity contribution in [2.75, 3.05) is 13.1 Å². The van der Waals surface area contributed by atoms with Crippen LogP contribution in [0.4, 0.5) is 13.2 Å². The number of H-pyrrole nitrogens is 1. The molecule has 2 aromatic heterocycles. The summed E-state index contributed by atoms with van der Waals surface area (Å²) in [6, 6.07) is 1.73. The van der Waals surface area contributed by atoms with Crippen LogP contribution in [0.3, 0.4) is 0 Å². The molecular formula is C14H16F3N5O. The van der Waals surface area contributed by atoms with Crippen molar-refractivity contribution in [3.63, 3.8) is 0 Å². The van der Waals surface area contributed by atoms with Gasteiger partial charge in [0, 0.05) is 31.4 Å². The normalized spacial score (nSPS) is 19.1. The summed E-state index contributed by atoms with van der Waals surface area (Å²) in [4.78, 5) is 20.1. The van der Waals surface area contributed by atoms with Gasteiger partial charge in [0.05, 0.1) is 6.20 Å². The first-order valence-corrected chi connectivity index (χ1v) is 7.31. The second-order valence-corrected chi connectivity index (χ2v) is 5.56. The topological polar surface area (TPSA) is 66.8 Å². The van der Waals surface area contributed by atoms with Crippen LogP contribution in [0, 0.1) is 0 Å².